The molecule has 0 bridgehead atoms. The highest BCUT2D eigenvalue weighted by Gasteiger charge is 2.28. The Kier molecular flexibility index (Phi) is 7.23. The third-order valence-electron chi connectivity index (χ3n) is 6.32. The summed E-state index contributed by atoms with van der Waals surface area (Å²) in [5.41, 5.74) is 1.93. The maximum atomic E-state index is 12.8. The van der Waals surface area contributed by atoms with Gasteiger partial charge in [0.1, 0.15) is 5.75 Å². The number of para-hydroxylation sites is 1. The second kappa shape index (κ2) is 10.5. The van der Waals surface area contributed by atoms with Crippen LogP contribution in [-0.2, 0) is 16.0 Å². The monoisotopic (exact) mass is 420 g/mol. The Bertz CT molecular complexity index is 877. The molecule has 164 valence electrons. The lowest BCUT2D eigenvalue weighted by Crippen LogP contribution is -2.43. The minimum Gasteiger partial charge on any atom is -0.490 e. The molecule has 1 unspecified atom stereocenters. The van der Waals surface area contributed by atoms with Crippen molar-refractivity contribution < 1.29 is 14.3 Å². The molecule has 2 aromatic rings. The van der Waals surface area contributed by atoms with Gasteiger partial charge in [-0.05, 0) is 74.8 Å². The molecule has 1 saturated carbocycles. The molecular weight excluding hydrogens is 388 g/mol. The van der Waals surface area contributed by atoms with Crippen LogP contribution in [0.5, 0.6) is 5.75 Å². The minimum atomic E-state index is -0.152. The van der Waals surface area contributed by atoms with Crippen LogP contribution in [0.4, 0.5) is 5.69 Å². The van der Waals surface area contributed by atoms with Crippen LogP contribution in [0.1, 0.15) is 50.5 Å². The zero-order valence-electron chi connectivity index (χ0n) is 18.1. The molecule has 0 aromatic heterocycles. The molecule has 5 nitrogen and oxygen atoms in total. The van der Waals surface area contributed by atoms with Crippen LogP contribution in [0.2, 0.25) is 0 Å². The molecule has 1 N–H and O–H groups in total. The summed E-state index contributed by atoms with van der Waals surface area (Å²) in [5.74, 6) is 0.883. The second-order valence-electron chi connectivity index (χ2n) is 8.71. The number of hydrogen-bond acceptors (Lipinski definition) is 3. The van der Waals surface area contributed by atoms with Gasteiger partial charge in [0.2, 0.25) is 11.8 Å². The van der Waals surface area contributed by atoms with Crippen molar-refractivity contribution in [2.24, 2.45) is 5.92 Å². The standard InChI is InChI=1S/C26H32N2O3/c29-25(16-15-20-8-6-14-24(18-20)31-23-12-4-5-13-23)28-17-7-9-21(19-28)26(30)27-22-10-2-1-3-11-22/h1-3,6,8,10-11,14,18,21,23H,4-5,7,9,12-13,15-17,19H2,(H,27,30). The summed E-state index contributed by atoms with van der Waals surface area (Å²) in [6.45, 7) is 1.24. The van der Waals surface area contributed by atoms with Crippen LogP contribution in [0, 0.1) is 5.92 Å². The second-order valence-corrected chi connectivity index (χ2v) is 8.71. The first-order valence-corrected chi connectivity index (χ1v) is 11.6. The number of carbonyl (C=O) groups excluding carboxylic acids is 2. The number of nitrogens with one attached hydrogen (secondary N) is 1. The number of anilines is 1. The highest BCUT2D eigenvalue weighted by molar-refractivity contribution is 5.93. The van der Waals surface area contributed by atoms with Crippen molar-refractivity contribution in [2.75, 3.05) is 18.4 Å². The Morgan fingerprint density at radius 2 is 1.77 bits per heavy atom. The van der Waals surface area contributed by atoms with Crippen molar-refractivity contribution in [3.8, 4) is 5.75 Å². The van der Waals surface area contributed by atoms with Gasteiger partial charge >= 0.3 is 0 Å². The van der Waals surface area contributed by atoms with Gasteiger partial charge < -0.3 is 15.0 Å². The van der Waals surface area contributed by atoms with Crippen LogP contribution in [-0.4, -0.2) is 35.9 Å². The molecule has 2 fully saturated rings. The van der Waals surface area contributed by atoms with Crippen molar-refractivity contribution in [1.29, 1.82) is 0 Å². The summed E-state index contributed by atoms with van der Waals surface area (Å²) in [6, 6.07) is 17.6. The van der Waals surface area contributed by atoms with E-state index in [1.807, 2.05) is 47.4 Å². The molecular formula is C26H32N2O3. The molecule has 2 amide bonds. The lowest BCUT2D eigenvalue weighted by Gasteiger charge is -2.32. The zero-order valence-corrected chi connectivity index (χ0v) is 18.1. The van der Waals surface area contributed by atoms with E-state index in [4.69, 9.17) is 4.74 Å². The van der Waals surface area contributed by atoms with Gasteiger partial charge in [0.25, 0.3) is 0 Å². The molecule has 1 aliphatic heterocycles. The lowest BCUT2D eigenvalue weighted by molar-refractivity contribution is -0.134. The van der Waals surface area contributed by atoms with Crippen molar-refractivity contribution in [3.05, 3.63) is 60.2 Å². The number of hydrogen-bond donors (Lipinski definition) is 1. The van der Waals surface area contributed by atoms with Crippen LogP contribution in [0.15, 0.2) is 54.6 Å². The fourth-order valence-electron chi connectivity index (χ4n) is 4.57. The molecule has 1 heterocycles. The summed E-state index contributed by atoms with van der Waals surface area (Å²) in [7, 11) is 0. The van der Waals surface area contributed by atoms with Crippen molar-refractivity contribution >= 4 is 17.5 Å². The van der Waals surface area contributed by atoms with E-state index in [9.17, 15) is 9.59 Å². The predicted molar refractivity (Wildman–Crippen MR) is 122 cm³/mol. The van der Waals surface area contributed by atoms with Crippen LogP contribution >= 0.6 is 0 Å². The quantitative estimate of drug-likeness (QED) is 0.699. The number of amides is 2. The van der Waals surface area contributed by atoms with E-state index in [2.05, 4.69) is 17.4 Å². The van der Waals surface area contributed by atoms with E-state index in [1.165, 1.54) is 12.8 Å². The van der Waals surface area contributed by atoms with Gasteiger partial charge in [-0.3, -0.25) is 9.59 Å². The highest BCUT2D eigenvalue weighted by atomic mass is 16.5. The third kappa shape index (κ3) is 6.09. The van der Waals surface area contributed by atoms with E-state index in [0.717, 1.165) is 49.2 Å². The number of likely N-dealkylation sites (tertiary alicyclic amines) is 1. The smallest absolute Gasteiger partial charge is 0.229 e. The average Bonchev–Trinajstić information content (AvgIpc) is 3.31. The Labute approximate surface area is 184 Å². The van der Waals surface area contributed by atoms with Gasteiger partial charge in [0, 0.05) is 25.2 Å². The topological polar surface area (TPSA) is 58.6 Å². The van der Waals surface area contributed by atoms with Crippen LogP contribution in [0.25, 0.3) is 0 Å². The molecule has 1 atom stereocenters. The van der Waals surface area contributed by atoms with Gasteiger partial charge in [-0.25, -0.2) is 0 Å². The molecule has 2 aliphatic rings. The first-order chi connectivity index (χ1) is 15.2. The molecule has 0 radical (unpaired) electrons. The van der Waals surface area contributed by atoms with Crippen LogP contribution < -0.4 is 10.1 Å². The van der Waals surface area contributed by atoms with Gasteiger partial charge in [0.15, 0.2) is 0 Å². The first kappa shape index (κ1) is 21.4. The molecule has 2 aromatic carbocycles. The Morgan fingerprint density at radius 1 is 0.968 bits per heavy atom. The van der Waals surface area contributed by atoms with Gasteiger partial charge in [-0.15, -0.1) is 0 Å². The van der Waals surface area contributed by atoms with Crippen LogP contribution in [0.3, 0.4) is 0 Å². The van der Waals surface area contributed by atoms with Gasteiger partial charge in [0.05, 0.1) is 12.0 Å². The maximum absolute atomic E-state index is 12.8. The van der Waals surface area contributed by atoms with E-state index in [-0.39, 0.29) is 17.7 Å². The number of benzene rings is 2. The minimum absolute atomic E-state index is 0.000428. The Balaban J connectivity index is 1.27. The number of piperidine rings is 1. The fraction of sp³-hybridized carbons (Fsp3) is 0.462. The van der Waals surface area contributed by atoms with E-state index >= 15 is 0 Å². The molecule has 1 aliphatic carbocycles. The van der Waals surface area contributed by atoms with E-state index in [0.29, 0.717) is 25.5 Å². The molecule has 5 heteroatoms. The number of ether oxygens (including phenoxy) is 1. The number of rotatable bonds is 7. The SMILES string of the molecule is O=C(Nc1ccccc1)C1CCCN(C(=O)CCc2cccc(OC3CCCC3)c2)C1. The largest absolute Gasteiger partial charge is 0.490 e. The number of nitrogens with zero attached hydrogens (tertiary/aromatic N) is 1. The summed E-state index contributed by atoms with van der Waals surface area (Å²) in [5, 5.41) is 2.97. The summed E-state index contributed by atoms with van der Waals surface area (Å²) in [6.07, 6.45) is 7.94. The summed E-state index contributed by atoms with van der Waals surface area (Å²) in [4.78, 5) is 27.3. The normalized spacial score (nSPS) is 19.2. The Morgan fingerprint density at radius 3 is 2.58 bits per heavy atom. The zero-order chi connectivity index (χ0) is 21.5. The number of aryl methyl sites for hydroxylation is 1. The van der Waals surface area contributed by atoms with E-state index < -0.39 is 0 Å². The van der Waals surface area contributed by atoms with E-state index in [1.54, 1.807) is 0 Å². The van der Waals surface area contributed by atoms with Gasteiger partial charge in [-0.1, -0.05) is 30.3 Å². The highest BCUT2D eigenvalue weighted by Crippen LogP contribution is 2.25. The van der Waals surface area contributed by atoms with Gasteiger partial charge in [-0.2, -0.15) is 0 Å². The maximum Gasteiger partial charge on any atom is 0.229 e. The van der Waals surface area contributed by atoms with Crippen molar-refractivity contribution in [3.63, 3.8) is 0 Å². The fourth-order valence-corrected chi connectivity index (χ4v) is 4.57. The first-order valence-electron chi connectivity index (χ1n) is 11.6. The predicted octanol–water partition coefficient (Wildman–Crippen LogP) is 4.82. The molecule has 1 saturated heterocycles. The summed E-state index contributed by atoms with van der Waals surface area (Å²) >= 11 is 0. The van der Waals surface area contributed by atoms with Crippen molar-refractivity contribution in [2.45, 2.75) is 57.5 Å². The number of carbonyl (C=O) groups is 2. The average molecular weight is 421 g/mol. The molecule has 4 rings (SSSR count). The van der Waals surface area contributed by atoms with Crippen molar-refractivity contribution in [1.82, 2.24) is 4.90 Å². The lowest BCUT2D eigenvalue weighted by atomic mass is 9.96. The third-order valence-corrected chi connectivity index (χ3v) is 6.32. The Hall–Kier alpha value is -2.82. The molecule has 31 heavy (non-hydrogen) atoms. The molecule has 0 spiro atoms. The summed E-state index contributed by atoms with van der Waals surface area (Å²) < 4.78 is 6.09.